The second kappa shape index (κ2) is 7.43. The first kappa shape index (κ1) is 17.5. The summed E-state index contributed by atoms with van der Waals surface area (Å²) < 4.78 is 5.70. The Hall–Kier alpha value is -1.59. The second-order valence-electron chi connectivity index (χ2n) is 6.37. The summed E-state index contributed by atoms with van der Waals surface area (Å²) in [6.45, 7) is 10.4. The van der Waals surface area contributed by atoms with E-state index in [9.17, 15) is 4.79 Å². The number of carbonyl (C=O) groups is 1. The van der Waals surface area contributed by atoms with Crippen LogP contribution in [0.15, 0.2) is 24.3 Å². The lowest BCUT2D eigenvalue weighted by molar-refractivity contribution is 0.0953. The lowest BCUT2D eigenvalue weighted by Gasteiger charge is -2.35. The molecule has 0 radical (unpaired) electrons. The fraction of sp³-hybridized carbons (Fsp3) is 0.562. The molecular formula is C16H27N3O2. The van der Waals surface area contributed by atoms with E-state index in [1.54, 1.807) is 24.3 Å². The number of nitrogens with zero attached hydrogens (tertiary/aromatic N) is 1. The Kier molecular flexibility index (Phi) is 6.18. The Labute approximate surface area is 127 Å². The van der Waals surface area contributed by atoms with E-state index < -0.39 is 0 Å². The van der Waals surface area contributed by atoms with Gasteiger partial charge in [-0.05, 0) is 43.7 Å². The summed E-state index contributed by atoms with van der Waals surface area (Å²) in [5.74, 6) is 5.53. The van der Waals surface area contributed by atoms with Crippen LogP contribution >= 0.6 is 0 Å². The van der Waals surface area contributed by atoms with E-state index in [0.29, 0.717) is 18.2 Å². The molecule has 0 aliphatic carbocycles. The van der Waals surface area contributed by atoms with Crippen molar-refractivity contribution in [3.05, 3.63) is 29.8 Å². The van der Waals surface area contributed by atoms with Crippen molar-refractivity contribution in [2.24, 2.45) is 11.3 Å². The average Bonchev–Trinajstić information content (AvgIpc) is 2.45. The number of nitrogen functional groups attached to an aromatic ring is 1. The minimum absolute atomic E-state index is 0.242. The fourth-order valence-electron chi connectivity index (χ4n) is 1.95. The number of likely N-dealkylation sites (N-methyl/N-ethyl adjacent to an activating group) is 1. The molecular weight excluding hydrogens is 266 g/mol. The lowest BCUT2D eigenvalue weighted by Crippen LogP contribution is -2.41. The number of rotatable bonds is 6. The highest BCUT2D eigenvalue weighted by Gasteiger charge is 2.23. The van der Waals surface area contributed by atoms with Crippen molar-refractivity contribution in [3.8, 4) is 5.75 Å². The summed E-state index contributed by atoms with van der Waals surface area (Å²) in [7, 11) is 2.11. The Bertz CT molecular complexity index is 452. The summed E-state index contributed by atoms with van der Waals surface area (Å²) in [6.07, 6.45) is 0. The highest BCUT2D eigenvalue weighted by Crippen LogP contribution is 2.22. The van der Waals surface area contributed by atoms with E-state index in [-0.39, 0.29) is 11.3 Å². The maximum absolute atomic E-state index is 11.3. The van der Waals surface area contributed by atoms with E-state index in [4.69, 9.17) is 10.6 Å². The van der Waals surface area contributed by atoms with E-state index >= 15 is 0 Å². The molecule has 1 unspecified atom stereocenters. The number of hydrogen-bond donors (Lipinski definition) is 2. The maximum atomic E-state index is 11.3. The van der Waals surface area contributed by atoms with Gasteiger partial charge in [-0.1, -0.05) is 20.8 Å². The highest BCUT2D eigenvalue weighted by atomic mass is 16.5. The third-order valence-electron chi connectivity index (χ3n) is 3.87. The van der Waals surface area contributed by atoms with Gasteiger partial charge in [-0.25, -0.2) is 5.84 Å². The molecule has 5 nitrogen and oxygen atoms in total. The molecule has 0 aliphatic heterocycles. The largest absolute Gasteiger partial charge is 0.492 e. The predicted molar refractivity (Wildman–Crippen MR) is 85.1 cm³/mol. The summed E-state index contributed by atoms with van der Waals surface area (Å²) in [6, 6.07) is 7.41. The molecule has 0 aromatic heterocycles. The molecule has 0 saturated heterocycles. The number of hydrazine groups is 1. The zero-order valence-corrected chi connectivity index (χ0v) is 13.6. The number of benzene rings is 1. The van der Waals surface area contributed by atoms with Crippen molar-refractivity contribution in [3.63, 3.8) is 0 Å². The van der Waals surface area contributed by atoms with Crippen LogP contribution < -0.4 is 16.0 Å². The molecule has 1 rings (SSSR count). The molecule has 0 fully saturated rings. The van der Waals surface area contributed by atoms with Crippen LogP contribution in [0, 0.1) is 5.41 Å². The normalized spacial score (nSPS) is 13.1. The molecule has 1 atom stereocenters. The van der Waals surface area contributed by atoms with E-state index in [2.05, 4.69) is 45.1 Å². The van der Waals surface area contributed by atoms with Crippen molar-refractivity contribution in [2.45, 2.75) is 33.7 Å². The monoisotopic (exact) mass is 293 g/mol. The molecule has 3 N–H and O–H groups in total. The van der Waals surface area contributed by atoms with Crippen LogP contribution in [-0.2, 0) is 0 Å². The highest BCUT2D eigenvalue weighted by molar-refractivity contribution is 5.93. The smallest absolute Gasteiger partial charge is 0.265 e. The number of nitrogens with one attached hydrogen (secondary N) is 1. The van der Waals surface area contributed by atoms with Crippen LogP contribution in [-0.4, -0.2) is 37.0 Å². The van der Waals surface area contributed by atoms with Gasteiger partial charge in [0.2, 0.25) is 0 Å². The molecule has 0 spiro atoms. The van der Waals surface area contributed by atoms with Crippen molar-refractivity contribution >= 4 is 5.91 Å². The van der Waals surface area contributed by atoms with Gasteiger partial charge in [0.25, 0.3) is 5.91 Å². The zero-order valence-electron chi connectivity index (χ0n) is 13.6. The summed E-state index contributed by atoms with van der Waals surface area (Å²) in [5.41, 5.74) is 2.86. The van der Waals surface area contributed by atoms with Crippen LogP contribution in [0.5, 0.6) is 5.75 Å². The van der Waals surface area contributed by atoms with Gasteiger partial charge in [0.15, 0.2) is 0 Å². The van der Waals surface area contributed by atoms with Crippen molar-refractivity contribution in [1.29, 1.82) is 0 Å². The molecule has 1 amide bonds. The first-order chi connectivity index (χ1) is 9.75. The first-order valence-corrected chi connectivity index (χ1v) is 7.19. The van der Waals surface area contributed by atoms with Crippen LogP contribution in [0.1, 0.15) is 38.1 Å². The van der Waals surface area contributed by atoms with Gasteiger partial charge < -0.3 is 4.74 Å². The average molecular weight is 293 g/mol. The summed E-state index contributed by atoms with van der Waals surface area (Å²) >= 11 is 0. The van der Waals surface area contributed by atoms with Crippen molar-refractivity contribution < 1.29 is 9.53 Å². The zero-order chi connectivity index (χ0) is 16.0. The van der Waals surface area contributed by atoms with Gasteiger partial charge in [-0.3, -0.25) is 15.1 Å². The molecule has 0 heterocycles. The Morgan fingerprint density at radius 2 is 1.90 bits per heavy atom. The molecule has 1 aromatic carbocycles. The van der Waals surface area contributed by atoms with Gasteiger partial charge in [0.1, 0.15) is 12.4 Å². The Morgan fingerprint density at radius 1 is 1.33 bits per heavy atom. The molecule has 118 valence electrons. The van der Waals surface area contributed by atoms with Gasteiger partial charge in [0, 0.05) is 18.2 Å². The van der Waals surface area contributed by atoms with Crippen LogP contribution in [0.4, 0.5) is 0 Å². The van der Waals surface area contributed by atoms with Crippen LogP contribution in [0.3, 0.4) is 0 Å². The minimum atomic E-state index is -0.305. The molecule has 21 heavy (non-hydrogen) atoms. The number of amides is 1. The quantitative estimate of drug-likeness (QED) is 0.478. The topological polar surface area (TPSA) is 67.6 Å². The van der Waals surface area contributed by atoms with Crippen molar-refractivity contribution in [2.75, 3.05) is 20.2 Å². The number of hydrogen-bond acceptors (Lipinski definition) is 4. The van der Waals surface area contributed by atoms with Crippen LogP contribution in [0.2, 0.25) is 0 Å². The number of nitrogens with two attached hydrogens (primary N) is 1. The summed E-state index contributed by atoms with van der Waals surface area (Å²) in [4.78, 5) is 13.6. The minimum Gasteiger partial charge on any atom is -0.492 e. The second-order valence-corrected chi connectivity index (χ2v) is 6.37. The Morgan fingerprint density at radius 3 is 2.38 bits per heavy atom. The van der Waals surface area contributed by atoms with Crippen LogP contribution in [0.25, 0.3) is 0 Å². The number of ether oxygens (including phenoxy) is 1. The van der Waals surface area contributed by atoms with Crippen molar-refractivity contribution in [1.82, 2.24) is 10.3 Å². The lowest BCUT2D eigenvalue weighted by atomic mass is 9.87. The predicted octanol–water partition coefficient (Wildman–Crippen LogP) is 2.04. The molecule has 0 saturated carbocycles. The van der Waals surface area contributed by atoms with Gasteiger partial charge in [-0.2, -0.15) is 0 Å². The fourth-order valence-corrected chi connectivity index (χ4v) is 1.95. The first-order valence-electron chi connectivity index (χ1n) is 7.19. The van der Waals surface area contributed by atoms with Gasteiger partial charge in [-0.15, -0.1) is 0 Å². The third-order valence-corrected chi connectivity index (χ3v) is 3.87. The number of carbonyl (C=O) groups excluding carboxylic acids is 1. The third kappa shape index (κ3) is 5.36. The van der Waals surface area contributed by atoms with Gasteiger partial charge in [0.05, 0.1) is 0 Å². The molecule has 0 bridgehead atoms. The summed E-state index contributed by atoms with van der Waals surface area (Å²) in [5, 5.41) is 0. The molecule has 1 aromatic rings. The maximum Gasteiger partial charge on any atom is 0.265 e. The van der Waals surface area contributed by atoms with E-state index in [1.165, 1.54) is 0 Å². The van der Waals surface area contributed by atoms with E-state index in [1.807, 2.05) is 0 Å². The standard InChI is InChI=1S/C16H27N3O2/c1-12(16(2,3)4)19(5)10-11-21-14-8-6-13(7-9-14)15(20)18-17/h6-9,12H,10-11,17H2,1-5H3,(H,18,20). The Balaban J connectivity index is 2.44. The van der Waals surface area contributed by atoms with Gasteiger partial charge >= 0.3 is 0 Å². The van der Waals surface area contributed by atoms with E-state index in [0.717, 1.165) is 12.3 Å². The molecule has 0 aliphatic rings. The molecule has 5 heteroatoms. The SMILES string of the molecule is CC(N(C)CCOc1ccc(C(=O)NN)cc1)C(C)(C)C.